The van der Waals surface area contributed by atoms with Crippen molar-refractivity contribution >= 4 is 40.7 Å². The molecule has 0 radical (unpaired) electrons. The molecule has 2 heterocycles. The maximum atomic E-state index is 13.7. The van der Waals surface area contributed by atoms with Crippen molar-refractivity contribution in [3.05, 3.63) is 101 Å². The molecule has 0 fully saturated rings. The first-order valence-electron chi connectivity index (χ1n) is 10.3. The summed E-state index contributed by atoms with van der Waals surface area (Å²) in [5.74, 6) is -1.03. The Kier molecular flexibility index (Phi) is 7.20. The molecule has 4 aromatic rings. The fourth-order valence-electron chi connectivity index (χ4n) is 3.32. The van der Waals surface area contributed by atoms with Gasteiger partial charge in [0.15, 0.2) is 0 Å². The average Bonchev–Trinajstić information content (AvgIpc) is 3.51. The van der Waals surface area contributed by atoms with Gasteiger partial charge in [-0.25, -0.2) is 9.37 Å². The quantitative estimate of drug-likeness (QED) is 0.321. The number of aromatic nitrogens is 2. The molecule has 0 saturated heterocycles. The van der Waals surface area contributed by atoms with Crippen molar-refractivity contribution in [3.63, 3.8) is 0 Å². The monoisotopic (exact) mass is 494 g/mol. The van der Waals surface area contributed by atoms with Crippen LogP contribution in [-0.4, -0.2) is 39.4 Å². The molecule has 0 aliphatic rings. The molecule has 0 aliphatic carbocycles. The van der Waals surface area contributed by atoms with Crippen LogP contribution in [0.1, 0.15) is 9.67 Å². The van der Waals surface area contributed by atoms with E-state index in [4.69, 9.17) is 11.6 Å². The predicted octanol–water partition coefficient (Wildman–Crippen LogP) is 5.66. The first kappa shape index (κ1) is 23.4. The highest BCUT2D eigenvalue weighted by atomic mass is 35.5. The van der Waals surface area contributed by atoms with Gasteiger partial charge >= 0.3 is 0 Å². The van der Waals surface area contributed by atoms with Crippen LogP contribution in [0.3, 0.4) is 0 Å². The zero-order valence-electron chi connectivity index (χ0n) is 17.9. The smallest absolute Gasteiger partial charge is 0.264 e. The lowest BCUT2D eigenvalue weighted by molar-refractivity contribution is -0.116. The second-order valence-electron chi connectivity index (χ2n) is 7.28. The van der Waals surface area contributed by atoms with Crippen molar-refractivity contribution in [2.75, 3.05) is 18.4 Å². The Balaban J connectivity index is 1.63. The van der Waals surface area contributed by atoms with Crippen LogP contribution in [0.25, 0.3) is 16.9 Å². The van der Waals surface area contributed by atoms with Gasteiger partial charge in [-0.2, -0.15) is 0 Å². The SMILES string of the molecule is C=CCN(CC(=O)Nc1nc(-c2ccccc2)cn1-c1ccc(F)c(Cl)c1)C(=O)c1cccs1. The van der Waals surface area contributed by atoms with Crippen LogP contribution in [0.15, 0.2) is 84.9 Å². The molecule has 0 atom stereocenters. The van der Waals surface area contributed by atoms with Gasteiger partial charge in [0.05, 0.1) is 21.3 Å². The number of hydrogen-bond acceptors (Lipinski definition) is 4. The van der Waals surface area contributed by atoms with Crippen LogP contribution in [-0.2, 0) is 4.79 Å². The zero-order chi connectivity index (χ0) is 24.1. The van der Waals surface area contributed by atoms with Crippen LogP contribution in [0.5, 0.6) is 0 Å². The van der Waals surface area contributed by atoms with Gasteiger partial charge in [-0.15, -0.1) is 17.9 Å². The Hall–Kier alpha value is -3.75. The standard InChI is InChI=1S/C25H20ClFN4O2S/c1-2-12-30(24(33)22-9-6-13-34-22)16-23(32)29-25-28-21(17-7-4-3-5-8-17)15-31(25)18-10-11-20(27)19(26)14-18/h2-11,13-15H,1,12,16H2,(H,28,29,32). The highest BCUT2D eigenvalue weighted by Crippen LogP contribution is 2.26. The number of thiophene rings is 1. The van der Waals surface area contributed by atoms with Crippen LogP contribution >= 0.6 is 22.9 Å². The zero-order valence-corrected chi connectivity index (χ0v) is 19.5. The molecule has 0 spiro atoms. The van der Waals surface area contributed by atoms with Crippen molar-refractivity contribution in [2.24, 2.45) is 0 Å². The van der Waals surface area contributed by atoms with E-state index in [1.165, 1.54) is 34.4 Å². The lowest BCUT2D eigenvalue weighted by Gasteiger charge is -2.20. The minimum Gasteiger partial charge on any atom is -0.325 e. The number of rotatable bonds is 8. The molecule has 6 nitrogen and oxygen atoms in total. The van der Waals surface area contributed by atoms with Gasteiger partial charge < -0.3 is 4.90 Å². The van der Waals surface area contributed by atoms with Crippen LogP contribution in [0, 0.1) is 5.82 Å². The largest absolute Gasteiger partial charge is 0.325 e. The number of nitrogens with zero attached hydrogens (tertiary/aromatic N) is 3. The number of anilines is 1. The molecule has 34 heavy (non-hydrogen) atoms. The Morgan fingerprint density at radius 1 is 1.18 bits per heavy atom. The molecular formula is C25H20ClFN4O2S. The van der Waals surface area contributed by atoms with Gasteiger partial charge in [0, 0.05) is 18.3 Å². The third kappa shape index (κ3) is 5.24. The fraction of sp³-hybridized carbons (Fsp3) is 0.0800. The van der Waals surface area contributed by atoms with E-state index in [2.05, 4.69) is 16.9 Å². The summed E-state index contributed by atoms with van der Waals surface area (Å²) in [6, 6.07) is 17.2. The molecule has 2 aromatic carbocycles. The van der Waals surface area contributed by atoms with E-state index in [0.717, 1.165) is 5.56 Å². The summed E-state index contributed by atoms with van der Waals surface area (Å²) in [5.41, 5.74) is 1.97. The summed E-state index contributed by atoms with van der Waals surface area (Å²) in [6.07, 6.45) is 3.29. The Morgan fingerprint density at radius 3 is 2.65 bits per heavy atom. The number of nitrogens with one attached hydrogen (secondary N) is 1. The number of halogens is 2. The maximum Gasteiger partial charge on any atom is 0.264 e. The van der Waals surface area contributed by atoms with Crippen molar-refractivity contribution in [3.8, 4) is 16.9 Å². The van der Waals surface area contributed by atoms with Gasteiger partial charge in [-0.05, 0) is 29.6 Å². The van der Waals surface area contributed by atoms with Gasteiger partial charge in [0.25, 0.3) is 5.91 Å². The van der Waals surface area contributed by atoms with Gasteiger partial charge in [-0.1, -0.05) is 54.1 Å². The number of hydrogen-bond donors (Lipinski definition) is 1. The summed E-state index contributed by atoms with van der Waals surface area (Å²) < 4.78 is 15.3. The normalized spacial score (nSPS) is 10.6. The summed E-state index contributed by atoms with van der Waals surface area (Å²) in [5, 5.41) is 4.52. The topological polar surface area (TPSA) is 67.2 Å². The van der Waals surface area contributed by atoms with E-state index < -0.39 is 11.7 Å². The van der Waals surface area contributed by atoms with E-state index in [-0.39, 0.29) is 30.0 Å². The highest BCUT2D eigenvalue weighted by molar-refractivity contribution is 7.12. The molecule has 0 unspecified atom stereocenters. The number of imidazole rings is 1. The average molecular weight is 495 g/mol. The number of carbonyl (C=O) groups excluding carboxylic acids is 2. The number of carbonyl (C=O) groups is 2. The van der Waals surface area contributed by atoms with E-state index in [0.29, 0.717) is 16.3 Å². The van der Waals surface area contributed by atoms with Crippen LogP contribution < -0.4 is 5.32 Å². The molecular weight excluding hydrogens is 475 g/mol. The van der Waals surface area contributed by atoms with Crippen LogP contribution in [0.4, 0.5) is 10.3 Å². The van der Waals surface area contributed by atoms with E-state index in [1.54, 1.807) is 34.4 Å². The molecule has 2 amide bonds. The van der Waals surface area contributed by atoms with Gasteiger partial charge in [0.2, 0.25) is 11.9 Å². The van der Waals surface area contributed by atoms with E-state index >= 15 is 0 Å². The lowest BCUT2D eigenvalue weighted by atomic mass is 10.2. The van der Waals surface area contributed by atoms with Crippen molar-refractivity contribution in [1.29, 1.82) is 0 Å². The van der Waals surface area contributed by atoms with E-state index in [9.17, 15) is 14.0 Å². The summed E-state index contributed by atoms with van der Waals surface area (Å²) in [4.78, 5) is 32.2. The highest BCUT2D eigenvalue weighted by Gasteiger charge is 2.21. The third-order valence-corrected chi connectivity index (χ3v) is 6.06. The number of benzene rings is 2. The minimum absolute atomic E-state index is 0.0524. The Labute approximate surface area is 204 Å². The number of amides is 2. The van der Waals surface area contributed by atoms with Crippen molar-refractivity contribution < 1.29 is 14.0 Å². The van der Waals surface area contributed by atoms with Crippen molar-refractivity contribution in [2.45, 2.75) is 0 Å². The van der Waals surface area contributed by atoms with Crippen molar-refractivity contribution in [1.82, 2.24) is 14.5 Å². The molecule has 0 aliphatic heterocycles. The molecule has 2 aromatic heterocycles. The second kappa shape index (κ2) is 10.5. The third-order valence-electron chi connectivity index (χ3n) is 4.91. The molecule has 0 bridgehead atoms. The minimum atomic E-state index is -0.549. The molecule has 1 N–H and O–H groups in total. The van der Waals surface area contributed by atoms with E-state index in [1.807, 2.05) is 30.3 Å². The van der Waals surface area contributed by atoms with Crippen LogP contribution in [0.2, 0.25) is 5.02 Å². The Morgan fingerprint density at radius 2 is 1.97 bits per heavy atom. The first-order valence-corrected chi connectivity index (χ1v) is 11.6. The van der Waals surface area contributed by atoms with Gasteiger partial charge in [-0.3, -0.25) is 19.5 Å². The first-order chi connectivity index (χ1) is 16.5. The maximum absolute atomic E-state index is 13.7. The van der Waals surface area contributed by atoms with Gasteiger partial charge in [0.1, 0.15) is 12.4 Å². The lowest BCUT2D eigenvalue weighted by Crippen LogP contribution is -2.38. The second-order valence-corrected chi connectivity index (χ2v) is 8.64. The molecule has 9 heteroatoms. The molecule has 172 valence electrons. The molecule has 4 rings (SSSR count). The fourth-order valence-corrected chi connectivity index (χ4v) is 4.18. The summed E-state index contributed by atoms with van der Waals surface area (Å²) in [6.45, 7) is 3.70. The Bertz CT molecular complexity index is 1320. The summed E-state index contributed by atoms with van der Waals surface area (Å²) >= 11 is 7.29. The molecule has 0 saturated carbocycles. The predicted molar refractivity (Wildman–Crippen MR) is 133 cm³/mol. The summed E-state index contributed by atoms with van der Waals surface area (Å²) in [7, 11) is 0.